The summed E-state index contributed by atoms with van der Waals surface area (Å²) in [7, 11) is 0. The SMILES string of the molecule is O=C(O)[C@H]1CCN(C(=O)c2csc(-c3ccccc3Cl)n2)C1. The van der Waals surface area contributed by atoms with Crippen LogP contribution in [0, 0.1) is 5.92 Å². The lowest BCUT2D eigenvalue weighted by atomic mass is 10.1. The first-order valence-electron chi connectivity index (χ1n) is 6.79. The van der Waals surface area contributed by atoms with Crippen LogP contribution in [0.2, 0.25) is 5.02 Å². The van der Waals surface area contributed by atoms with Crippen molar-refractivity contribution in [3.05, 3.63) is 40.4 Å². The molecule has 1 aliphatic rings. The van der Waals surface area contributed by atoms with E-state index in [0.717, 1.165) is 5.56 Å². The third-order valence-electron chi connectivity index (χ3n) is 3.65. The van der Waals surface area contributed by atoms with Crippen molar-refractivity contribution in [3.63, 3.8) is 0 Å². The van der Waals surface area contributed by atoms with Crippen molar-refractivity contribution in [1.82, 2.24) is 9.88 Å². The van der Waals surface area contributed by atoms with Crippen molar-refractivity contribution in [2.24, 2.45) is 5.92 Å². The number of rotatable bonds is 3. The zero-order valence-electron chi connectivity index (χ0n) is 11.5. The first kappa shape index (κ1) is 15.0. The Kier molecular flexibility index (Phi) is 4.13. The van der Waals surface area contributed by atoms with E-state index in [0.29, 0.717) is 28.7 Å². The molecule has 22 heavy (non-hydrogen) atoms. The maximum atomic E-state index is 12.4. The number of hydrogen-bond acceptors (Lipinski definition) is 4. The highest BCUT2D eigenvalue weighted by molar-refractivity contribution is 7.13. The second kappa shape index (κ2) is 6.06. The van der Waals surface area contributed by atoms with Crippen LogP contribution in [0.25, 0.3) is 10.6 Å². The normalized spacial score (nSPS) is 17.7. The van der Waals surface area contributed by atoms with Gasteiger partial charge in [-0.15, -0.1) is 11.3 Å². The molecule has 5 nitrogen and oxygen atoms in total. The Morgan fingerprint density at radius 2 is 2.14 bits per heavy atom. The Morgan fingerprint density at radius 1 is 1.36 bits per heavy atom. The van der Waals surface area contributed by atoms with E-state index in [1.807, 2.05) is 18.2 Å². The summed E-state index contributed by atoms with van der Waals surface area (Å²) in [5.74, 6) is -1.56. The Balaban J connectivity index is 1.78. The molecule has 0 aliphatic carbocycles. The molecule has 3 rings (SSSR count). The van der Waals surface area contributed by atoms with Gasteiger partial charge in [-0.05, 0) is 12.5 Å². The third kappa shape index (κ3) is 2.84. The molecule has 1 aromatic heterocycles. The number of carbonyl (C=O) groups is 2. The van der Waals surface area contributed by atoms with Crippen LogP contribution in [-0.2, 0) is 4.79 Å². The van der Waals surface area contributed by atoms with Gasteiger partial charge in [0.15, 0.2) is 0 Å². The van der Waals surface area contributed by atoms with Crippen LogP contribution >= 0.6 is 22.9 Å². The van der Waals surface area contributed by atoms with Crippen molar-refractivity contribution in [3.8, 4) is 10.6 Å². The summed E-state index contributed by atoms with van der Waals surface area (Å²) in [6.07, 6.45) is 0.489. The van der Waals surface area contributed by atoms with Gasteiger partial charge in [-0.25, -0.2) is 4.98 Å². The Bertz CT molecular complexity index is 731. The van der Waals surface area contributed by atoms with Crippen molar-refractivity contribution in [2.45, 2.75) is 6.42 Å². The smallest absolute Gasteiger partial charge is 0.308 e. The summed E-state index contributed by atoms with van der Waals surface area (Å²) in [5.41, 5.74) is 1.13. The van der Waals surface area contributed by atoms with Gasteiger partial charge in [0.25, 0.3) is 5.91 Å². The maximum Gasteiger partial charge on any atom is 0.308 e. The number of carbonyl (C=O) groups excluding carboxylic acids is 1. The lowest BCUT2D eigenvalue weighted by Crippen LogP contribution is -2.30. The van der Waals surface area contributed by atoms with Gasteiger partial charge in [0.2, 0.25) is 0 Å². The maximum absolute atomic E-state index is 12.4. The van der Waals surface area contributed by atoms with Gasteiger partial charge in [-0.2, -0.15) is 0 Å². The molecule has 1 saturated heterocycles. The molecule has 114 valence electrons. The fraction of sp³-hybridized carbons (Fsp3) is 0.267. The number of amides is 1. The number of carboxylic acids is 1. The van der Waals surface area contributed by atoms with Crippen LogP contribution in [0.4, 0.5) is 0 Å². The Labute approximate surface area is 136 Å². The first-order chi connectivity index (χ1) is 10.6. The van der Waals surface area contributed by atoms with Crippen molar-refractivity contribution >= 4 is 34.8 Å². The molecule has 1 fully saturated rings. The first-order valence-corrected chi connectivity index (χ1v) is 8.04. The number of thiazole rings is 1. The summed E-state index contributed by atoms with van der Waals surface area (Å²) in [5, 5.41) is 12.0. The summed E-state index contributed by atoms with van der Waals surface area (Å²) < 4.78 is 0. The highest BCUT2D eigenvalue weighted by atomic mass is 35.5. The highest BCUT2D eigenvalue weighted by Gasteiger charge is 2.32. The highest BCUT2D eigenvalue weighted by Crippen LogP contribution is 2.30. The monoisotopic (exact) mass is 336 g/mol. The summed E-state index contributed by atoms with van der Waals surface area (Å²) in [6.45, 7) is 0.696. The van der Waals surface area contributed by atoms with E-state index in [9.17, 15) is 9.59 Å². The molecule has 0 bridgehead atoms. The molecule has 0 spiro atoms. The topological polar surface area (TPSA) is 70.5 Å². The molecule has 2 aromatic rings. The summed E-state index contributed by atoms with van der Waals surface area (Å²) in [6, 6.07) is 7.33. The standard InChI is InChI=1S/C15H13ClN2O3S/c16-11-4-2-1-3-10(11)13-17-12(8-22-13)14(19)18-6-5-9(7-18)15(20)21/h1-4,8-9H,5-7H2,(H,20,21)/t9-/m0/s1. The molecule has 0 radical (unpaired) electrons. The number of aromatic nitrogens is 1. The van der Waals surface area contributed by atoms with Gasteiger partial charge in [0.05, 0.1) is 10.9 Å². The molecule has 0 saturated carbocycles. The van der Waals surface area contributed by atoms with Gasteiger partial charge in [0, 0.05) is 24.0 Å². The summed E-state index contributed by atoms with van der Waals surface area (Å²) in [4.78, 5) is 29.3. The van der Waals surface area contributed by atoms with Crippen LogP contribution in [0.5, 0.6) is 0 Å². The number of halogens is 1. The van der Waals surface area contributed by atoms with E-state index >= 15 is 0 Å². The van der Waals surface area contributed by atoms with Crippen molar-refractivity contribution in [1.29, 1.82) is 0 Å². The minimum absolute atomic E-state index is 0.224. The predicted octanol–water partition coefficient (Wildman–Crippen LogP) is 3.01. The van der Waals surface area contributed by atoms with Crippen molar-refractivity contribution < 1.29 is 14.7 Å². The number of carboxylic acid groups (broad SMARTS) is 1. The molecular weight excluding hydrogens is 324 g/mol. The fourth-order valence-corrected chi connectivity index (χ4v) is 3.55. The number of nitrogens with zero attached hydrogens (tertiary/aromatic N) is 2. The molecule has 0 unspecified atom stereocenters. The van der Waals surface area contributed by atoms with Crippen LogP contribution in [0.3, 0.4) is 0 Å². The molecule has 1 amide bonds. The minimum atomic E-state index is -0.856. The predicted molar refractivity (Wildman–Crippen MR) is 84.2 cm³/mol. The number of likely N-dealkylation sites (tertiary alicyclic amines) is 1. The van der Waals surface area contributed by atoms with E-state index in [1.54, 1.807) is 16.3 Å². The van der Waals surface area contributed by atoms with Crippen molar-refractivity contribution in [2.75, 3.05) is 13.1 Å². The second-order valence-corrected chi connectivity index (χ2v) is 6.36. The average molecular weight is 337 g/mol. The molecule has 1 N–H and O–H groups in total. The van der Waals surface area contributed by atoms with Crippen LogP contribution in [-0.4, -0.2) is 40.0 Å². The summed E-state index contributed by atoms with van der Waals surface area (Å²) >= 11 is 7.49. The van der Waals surface area contributed by atoms with Gasteiger partial charge < -0.3 is 10.0 Å². The molecule has 1 atom stereocenters. The molecule has 1 aromatic carbocycles. The van der Waals surface area contributed by atoms with E-state index < -0.39 is 11.9 Å². The third-order valence-corrected chi connectivity index (χ3v) is 4.86. The number of aliphatic carboxylic acids is 1. The minimum Gasteiger partial charge on any atom is -0.481 e. The van der Waals surface area contributed by atoms with Gasteiger partial charge in [0.1, 0.15) is 10.7 Å². The van der Waals surface area contributed by atoms with Crippen LogP contribution < -0.4 is 0 Å². The zero-order chi connectivity index (χ0) is 15.7. The fourth-order valence-electron chi connectivity index (χ4n) is 2.44. The van der Waals surface area contributed by atoms with Crippen LogP contribution in [0.15, 0.2) is 29.6 Å². The van der Waals surface area contributed by atoms with Crippen LogP contribution in [0.1, 0.15) is 16.9 Å². The number of benzene rings is 1. The molecule has 7 heteroatoms. The van der Waals surface area contributed by atoms with Gasteiger partial charge in [-0.1, -0.05) is 29.8 Å². The van der Waals surface area contributed by atoms with Gasteiger partial charge >= 0.3 is 5.97 Å². The van der Waals surface area contributed by atoms with E-state index in [-0.39, 0.29) is 12.5 Å². The lowest BCUT2D eigenvalue weighted by Gasteiger charge is -2.13. The quantitative estimate of drug-likeness (QED) is 0.935. The van der Waals surface area contributed by atoms with E-state index in [4.69, 9.17) is 16.7 Å². The average Bonchev–Trinajstić information content (AvgIpc) is 3.17. The molecular formula is C15H13ClN2O3S. The largest absolute Gasteiger partial charge is 0.481 e. The molecule has 2 heterocycles. The van der Waals surface area contributed by atoms with Gasteiger partial charge in [-0.3, -0.25) is 9.59 Å². The number of hydrogen-bond donors (Lipinski definition) is 1. The zero-order valence-corrected chi connectivity index (χ0v) is 13.1. The van der Waals surface area contributed by atoms with E-state index in [1.165, 1.54) is 11.3 Å². The second-order valence-electron chi connectivity index (χ2n) is 5.09. The Hall–Kier alpha value is -1.92. The van der Waals surface area contributed by atoms with E-state index in [2.05, 4.69) is 4.98 Å². The molecule has 1 aliphatic heterocycles. The Morgan fingerprint density at radius 3 is 2.82 bits per heavy atom. The lowest BCUT2D eigenvalue weighted by molar-refractivity contribution is -0.141.